The largest absolute Gasteiger partial charge is 0.383 e. The predicted molar refractivity (Wildman–Crippen MR) is 93.8 cm³/mol. The molecule has 1 rings (SSSR count). The van der Waals surface area contributed by atoms with Crippen molar-refractivity contribution in [2.75, 3.05) is 20.3 Å². The van der Waals surface area contributed by atoms with E-state index in [1.54, 1.807) is 6.92 Å². The van der Waals surface area contributed by atoms with Crippen LogP contribution in [0.4, 0.5) is 0 Å². The smallest absolute Gasteiger partial charge is 0.329 e. The number of nitrogens with one attached hydrogen (secondary N) is 3. The van der Waals surface area contributed by atoms with Gasteiger partial charge in [0.15, 0.2) is 0 Å². The maximum absolute atomic E-state index is 12.0. The summed E-state index contributed by atoms with van der Waals surface area (Å²) in [5, 5.41) is 8.97. The number of nitrogens with zero attached hydrogens (tertiary/aromatic N) is 1. The van der Waals surface area contributed by atoms with Crippen LogP contribution in [0.2, 0.25) is 0 Å². The van der Waals surface area contributed by atoms with Crippen LogP contribution in [0.15, 0.2) is 35.4 Å². The normalized spacial score (nSPS) is 12.2. The molecular formula is C17H24N4O4. The molecule has 25 heavy (non-hydrogen) atoms. The summed E-state index contributed by atoms with van der Waals surface area (Å²) in [6.45, 7) is 4.01. The van der Waals surface area contributed by atoms with Crippen LogP contribution >= 0.6 is 0 Å². The topological polar surface area (TPSA) is 109 Å². The van der Waals surface area contributed by atoms with Crippen molar-refractivity contribution in [2.24, 2.45) is 5.10 Å². The molecular weight excluding hydrogens is 324 g/mol. The molecule has 1 aromatic carbocycles. The first-order valence-electron chi connectivity index (χ1n) is 7.88. The van der Waals surface area contributed by atoms with Crippen LogP contribution in [0.1, 0.15) is 31.9 Å². The number of hydrogen-bond acceptors (Lipinski definition) is 5. The minimum atomic E-state index is -0.895. The zero-order valence-electron chi connectivity index (χ0n) is 14.7. The van der Waals surface area contributed by atoms with Gasteiger partial charge >= 0.3 is 11.8 Å². The Morgan fingerprint density at radius 2 is 1.84 bits per heavy atom. The van der Waals surface area contributed by atoms with Crippen molar-refractivity contribution >= 4 is 23.4 Å². The van der Waals surface area contributed by atoms with Gasteiger partial charge in [0.05, 0.1) is 19.1 Å². The van der Waals surface area contributed by atoms with Crippen LogP contribution in [0.5, 0.6) is 0 Å². The van der Waals surface area contributed by atoms with Gasteiger partial charge in [-0.05, 0) is 19.4 Å². The second kappa shape index (κ2) is 10.9. The highest BCUT2D eigenvalue weighted by Gasteiger charge is 2.13. The van der Waals surface area contributed by atoms with Crippen LogP contribution in [-0.2, 0) is 19.1 Å². The zero-order chi connectivity index (χ0) is 18.7. The van der Waals surface area contributed by atoms with Crippen LogP contribution < -0.4 is 16.1 Å². The molecule has 0 fully saturated rings. The molecule has 1 aromatic rings. The SMILES string of the molecule is COCCNC(=O)C(=O)N/N=C(\C)CC(=O)NC(C)c1ccccc1. The zero-order valence-corrected chi connectivity index (χ0v) is 14.7. The first-order valence-corrected chi connectivity index (χ1v) is 7.88. The molecule has 1 atom stereocenters. The Balaban J connectivity index is 2.40. The van der Waals surface area contributed by atoms with Crippen molar-refractivity contribution in [2.45, 2.75) is 26.3 Å². The highest BCUT2D eigenvalue weighted by atomic mass is 16.5. The van der Waals surface area contributed by atoms with Gasteiger partial charge in [-0.25, -0.2) is 5.43 Å². The molecule has 3 N–H and O–H groups in total. The summed E-state index contributed by atoms with van der Waals surface area (Å²) in [4.78, 5) is 34.9. The number of carbonyl (C=O) groups excluding carboxylic acids is 3. The molecule has 0 saturated carbocycles. The molecule has 8 heteroatoms. The van der Waals surface area contributed by atoms with Gasteiger partial charge in [-0.15, -0.1) is 0 Å². The fraction of sp³-hybridized carbons (Fsp3) is 0.412. The maximum Gasteiger partial charge on any atom is 0.329 e. The van der Waals surface area contributed by atoms with E-state index in [9.17, 15) is 14.4 Å². The number of hydrogen-bond donors (Lipinski definition) is 3. The van der Waals surface area contributed by atoms with Crippen LogP contribution in [0, 0.1) is 0 Å². The van der Waals surface area contributed by atoms with Crippen molar-refractivity contribution < 1.29 is 19.1 Å². The van der Waals surface area contributed by atoms with E-state index in [0.29, 0.717) is 12.3 Å². The Bertz CT molecular complexity index is 616. The van der Waals surface area contributed by atoms with Gasteiger partial charge in [0.25, 0.3) is 0 Å². The first kappa shape index (κ1) is 20.3. The Hall–Kier alpha value is -2.74. The minimum absolute atomic E-state index is 0.0166. The van der Waals surface area contributed by atoms with Gasteiger partial charge in [-0.2, -0.15) is 5.10 Å². The molecule has 1 unspecified atom stereocenters. The lowest BCUT2D eigenvalue weighted by Gasteiger charge is -2.14. The van der Waals surface area contributed by atoms with Crippen LogP contribution in [0.3, 0.4) is 0 Å². The van der Waals surface area contributed by atoms with Gasteiger partial charge in [0.1, 0.15) is 0 Å². The third-order valence-corrected chi connectivity index (χ3v) is 3.24. The summed E-state index contributed by atoms with van der Waals surface area (Å²) in [7, 11) is 1.49. The van der Waals surface area contributed by atoms with Gasteiger partial charge < -0.3 is 15.4 Å². The minimum Gasteiger partial charge on any atom is -0.383 e. The third-order valence-electron chi connectivity index (χ3n) is 3.24. The molecule has 136 valence electrons. The average Bonchev–Trinajstić information content (AvgIpc) is 2.60. The van der Waals surface area contributed by atoms with E-state index in [1.165, 1.54) is 7.11 Å². The van der Waals surface area contributed by atoms with Crippen molar-refractivity contribution in [1.82, 2.24) is 16.1 Å². The van der Waals surface area contributed by atoms with Crippen molar-refractivity contribution in [1.29, 1.82) is 0 Å². The quantitative estimate of drug-likeness (QED) is 0.275. The second-order valence-electron chi connectivity index (χ2n) is 5.41. The molecule has 0 aliphatic rings. The predicted octanol–water partition coefficient (Wildman–Crippen LogP) is 0.509. The van der Waals surface area contributed by atoms with E-state index >= 15 is 0 Å². The summed E-state index contributed by atoms with van der Waals surface area (Å²) in [6.07, 6.45) is 0.0166. The molecule has 0 aliphatic carbocycles. The Kier molecular flexibility index (Phi) is 8.87. The number of benzene rings is 1. The number of ether oxygens (including phenoxy) is 1. The second-order valence-corrected chi connectivity index (χ2v) is 5.41. The summed E-state index contributed by atoms with van der Waals surface area (Å²) >= 11 is 0. The number of methoxy groups -OCH3 is 1. The maximum atomic E-state index is 12.0. The Morgan fingerprint density at radius 1 is 1.16 bits per heavy atom. The average molecular weight is 348 g/mol. The van der Waals surface area contributed by atoms with Crippen molar-refractivity contribution in [3.63, 3.8) is 0 Å². The van der Waals surface area contributed by atoms with Gasteiger partial charge in [0.2, 0.25) is 5.91 Å². The summed E-state index contributed by atoms with van der Waals surface area (Å²) < 4.78 is 4.76. The molecule has 0 aliphatic heterocycles. The number of hydrazone groups is 1. The monoisotopic (exact) mass is 348 g/mol. The highest BCUT2D eigenvalue weighted by molar-refractivity contribution is 6.35. The lowest BCUT2D eigenvalue weighted by molar-refractivity contribution is -0.139. The van der Waals surface area contributed by atoms with E-state index in [1.807, 2.05) is 37.3 Å². The van der Waals surface area contributed by atoms with Crippen LogP contribution in [0.25, 0.3) is 0 Å². The van der Waals surface area contributed by atoms with E-state index in [4.69, 9.17) is 4.74 Å². The molecule has 3 amide bonds. The van der Waals surface area contributed by atoms with Crippen molar-refractivity contribution in [3.8, 4) is 0 Å². The summed E-state index contributed by atoms with van der Waals surface area (Å²) in [5.74, 6) is -1.93. The van der Waals surface area contributed by atoms with Gasteiger partial charge in [0, 0.05) is 19.4 Å². The van der Waals surface area contributed by atoms with E-state index in [-0.39, 0.29) is 24.9 Å². The number of carbonyl (C=O) groups is 3. The Morgan fingerprint density at radius 3 is 2.48 bits per heavy atom. The van der Waals surface area contributed by atoms with E-state index in [2.05, 4.69) is 21.2 Å². The van der Waals surface area contributed by atoms with E-state index in [0.717, 1.165) is 5.56 Å². The molecule has 8 nitrogen and oxygen atoms in total. The number of amides is 3. The van der Waals surface area contributed by atoms with Crippen molar-refractivity contribution in [3.05, 3.63) is 35.9 Å². The fourth-order valence-corrected chi connectivity index (χ4v) is 1.93. The molecule has 0 spiro atoms. The first-order chi connectivity index (χ1) is 11.9. The molecule has 0 saturated heterocycles. The lowest BCUT2D eigenvalue weighted by atomic mass is 10.1. The molecule has 0 bridgehead atoms. The van der Waals surface area contributed by atoms with Crippen LogP contribution in [-0.4, -0.2) is 43.7 Å². The standard InChI is InChI=1S/C17H24N4O4/c1-12(20-21-17(24)16(23)18-9-10-25-3)11-15(22)19-13(2)14-7-5-4-6-8-14/h4-8,13H,9-11H2,1-3H3,(H,18,23)(H,19,22)(H,21,24)/b20-12+. The highest BCUT2D eigenvalue weighted by Crippen LogP contribution is 2.11. The molecule has 0 aromatic heterocycles. The van der Waals surface area contributed by atoms with Gasteiger partial charge in [-0.3, -0.25) is 14.4 Å². The summed E-state index contributed by atoms with van der Waals surface area (Å²) in [6, 6.07) is 9.42. The number of rotatable bonds is 8. The lowest BCUT2D eigenvalue weighted by Crippen LogP contribution is -2.39. The summed E-state index contributed by atoms with van der Waals surface area (Å²) in [5.41, 5.74) is 3.49. The molecule has 0 heterocycles. The Labute approximate surface area is 147 Å². The molecule has 0 radical (unpaired) electrons. The van der Waals surface area contributed by atoms with Gasteiger partial charge in [-0.1, -0.05) is 30.3 Å². The fourth-order valence-electron chi connectivity index (χ4n) is 1.93. The third kappa shape index (κ3) is 8.07. The van der Waals surface area contributed by atoms with E-state index < -0.39 is 11.8 Å².